The Kier molecular flexibility index (Phi) is 4.04. The first-order valence-corrected chi connectivity index (χ1v) is 7.10. The van der Waals surface area contributed by atoms with Gasteiger partial charge < -0.3 is 10.5 Å². The molecule has 0 unspecified atom stereocenters. The number of carbonyl (C=O) groups excluding carboxylic acids is 1. The number of rotatable bonds is 1. The zero-order valence-electron chi connectivity index (χ0n) is 12.7. The van der Waals surface area contributed by atoms with Crippen LogP contribution in [0.3, 0.4) is 0 Å². The first-order chi connectivity index (χ1) is 9.29. The molecule has 1 aromatic carbocycles. The molecule has 1 aliphatic rings. The Balaban J connectivity index is 2.26. The fraction of sp³-hybridized carbons (Fsp3) is 0.562. The van der Waals surface area contributed by atoms with Crippen LogP contribution in [0.4, 0.5) is 4.79 Å². The number of hydrogen-bond donors (Lipinski definition) is 1. The monoisotopic (exact) mass is 276 g/mol. The van der Waals surface area contributed by atoms with Crippen molar-refractivity contribution in [2.75, 3.05) is 6.54 Å². The van der Waals surface area contributed by atoms with Gasteiger partial charge in [-0.25, -0.2) is 4.79 Å². The molecule has 4 heteroatoms. The Hall–Kier alpha value is -1.55. The average molecular weight is 276 g/mol. The second-order valence-electron chi connectivity index (χ2n) is 6.43. The highest BCUT2D eigenvalue weighted by Crippen LogP contribution is 2.34. The molecule has 1 amide bonds. The summed E-state index contributed by atoms with van der Waals surface area (Å²) in [6.07, 6.45) is 0.525. The summed E-state index contributed by atoms with van der Waals surface area (Å²) >= 11 is 0. The molecule has 0 aliphatic carbocycles. The maximum Gasteiger partial charge on any atom is 0.410 e. The van der Waals surface area contributed by atoms with Crippen LogP contribution in [-0.4, -0.2) is 29.2 Å². The lowest BCUT2D eigenvalue weighted by molar-refractivity contribution is 0.0218. The van der Waals surface area contributed by atoms with Crippen molar-refractivity contribution in [1.82, 2.24) is 4.90 Å². The maximum atomic E-state index is 12.3. The minimum atomic E-state index is -0.486. The standard InChI is InChI=1S/C16H24N2O2/c1-11-7-5-6-8-12(11)14-13(17)9-10-18(14)15(19)20-16(2,3)4/h5-8,13-14H,9-10,17H2,1-4H3/t13-,14+/m1/s1. The van der Waals surface area contributed by atoms with Gasteiger partial charge in [0, 0.05) is 12.6 Å². The van der Waals surface area contributed by atoms with Crippen LogP contribution >= 0.6 is 0 Å². The largest absolute Gasteiger partial charge is 0.444 e. The van der Waals surface area contributed by atoms with E-state index in [4.69, 9.17) is 10.5 Å². The quantitative estimate of drug-likeness (QED) is 0.858. The van der Waals surface area contributed by atoms with E-state index in [9.17, 15) is 4.79 Å². The van der Waals surface area contributed by atoms with Crippen molar-refractivity contribution in [2.45, 2.75) is 51.8 Å². The second kappa shape index (κ2) is 5.44. The molecule has 1 heterocycles. The van der Waals surface area contributed by atoms with Gasteiger partial charge in [0.15, 0.2) is 0 Å². The minimum absolute atomic E-state index is 0.0383. The predicted molar refractivity (Wildman–Crippen MR) is 79.5 cm³/mol. The van der Waals surface area contributed by atoms with Crippen molar-refractivity contribution < 1.29 is 9.53 Å². The number of hydrogen-bond acceptors (Lipinski definition) is 3. The number of amides is 1. The average Bonchev–Trinajstić information content (AvgIpc) is 2.70. The molecule has 0 bridgehead atoms. The smallest absolute Gasteiger partial charge is 0.410 e. The molecule has 1 fully saturated rings. The minimum Gasteiger partial charge on any atom is -0.444 e. The van der Waals surface area contributed by atoms with Crippen molar-refractivity contribution in [2.24, 2.45) is 5.73 Å². The lowest BCUT2D eigenvalue weighted by atomic mass is 9.96. The van der Waals surface area contributed by atoms with Gasteiger partial charge >= 0.3 is 6.09 Å². The van der Waals surface area contributed by atoms with Gasteiger partial charge in [0.2, 0.25) is 0 Å². The van der Waals surface area contributed by atoms with Crippen LogP contribution in [0.25, 0.3) is 0 Å². The van der Waals surface area contributed by atoms with E-state index in [1.54, 1.807) is 4.90 Å². The Bertz CT molecular complexity index is 493. The lowest BCUT2D eigenvalue weighted by Crippen LogP contribution is -2.39. The fourth-order valence-electron chi connectivity index (χ4n) is 2.66. The summed E-state index contributed by atoms with van der Waals surface area (Å²) in [4.78, 5) is 14.1. The summed E-state index contributed by atoms with van der Waals surface area (Å²) in [7, 11) is 0. The Morgan fingerprint density at radius 1 is 1.35 bits per heavy atom. The molecule has 2 N–H and O–H groups in total. The highest BCUT2D eigenvalue weighted by molar-refractivity contribution is 5.69. The molecule has 0 aromatic heterocycles. The van der Waals surface area contributed by atoms with Crippen LogP contribution in [0, 0.1) is 6.92 Å². The van der Waals surface area contributed by atoms with Crippen molar-refractivity contribution in [3.63, 3.8) is 0 Å². The van der Waals surface area contributed by atoms with E-state index in [0.29, 0.717) is 6.54 Å². The first-order valence-electron chi connectivity index (χ1n) is 7.10. The van der Waals surface area contributed by atoms with Crippen LogP contribution in [-0.2, 0) is 4.74 Å². The van der Waals surface area contributed by atoms with Crippen LogP contribution in [0.1, 0.15) is 44.4 Å². The van der Waals surface area contributed by atoms with Gasteiger partial charge in [-0.2, -0.15) is 0 Å². The number of nitrogens with zero attached hydrogens (tertiary/aromatic N) is 1. The van der Waals surface area contributed by atoms with Gasteiger partial charge in [0.25, 0.3) is 0 Å². The number of carbonyl (C=O) groups is 1. The number of benzene rings is 1. The van der Waals surface area contributed by atoms with E-state index in [0.717, 1.165) is 17.5 Å². The van der Waals surface area contributed by atoms with Crippen molar-refractivity contribution in [1.29, 1.82) is 0 Å². The molecule has 2 rings (SSSR count). The number of nitrogens with two attached hydrogens (primary N) is 1. The zero-order chi connectivity index (χ0) is 14.9. The third kappa shape index (κ3) is 3.12. The number of ether oxygens (including phenoxy) is 1. The summed E-state index contributed by atoms with van der Waals surface area (Å²) in [6, 6.07) is 7.95. The predicted octanol–water partition coefficient (Wildman–Crippen LogP) is 3.00. The molecule has 4 nitrogen and oxygen atoms in total. The molecule has 1 saturated heterocycles. The molecule has 1 aromatic rings. The maximum absolute atomic E-state index is 12.3. The van der Waals surface area contributed by atoms with Crippen molar-refractivity contribution >= 4 is 6.09 Å². The fourth-order valence-corrected chi connectivity index (χ4v) is 2.66. The van der Waals surface area contributed by atoms with Gasteiger partial charge in [-0.15, -0.1) is 0 Å². The molecule has 20 heavy (non-hydrogen) atoms. The Morgan fingerprint density at radius 3 is 2.60 bits per heavy atom. The normalized spacial score (nSPS) is 22.9. The van der Waals surface area contributed by atoms with E-state index in [2.05, 4.69) is 0 Å². The molecule has 2 atom stereocenters. The van der Waals surface area contributed by atoms with Crippen LogP contribution in [0.5, 0.6) is 0 Å². The van der Waals surface area contributed by atoms with Gasteiger partial charge in [0.1, 0.15) is 5.60 Å². The van der Waals surface area contributed by atoms with Gasteiger partial charge in [-0.3, -0.25) is 4.90 Å². The second-order valence-corrected chi connectivity index (χ2v) is 6.43. The van der Waals surface area contributed by atoms with Crippen LogP contribution in [0.2, 0.25) is 0 Å². The molecular weight excluding hydrogens is 252 g/mol. The lowest BCUT2D eigenvalue weighted by Gasteiger charge is -2.30. The third-order valence-corrected chi connectivity index (χ3v) is 3.58. The van der Waals surface area contributed by atoms with Crippen LogP contribution < -0.4 is 5.73 Å². The van der Waals surface area contributed by atoms with Crippen molar-refractivity contribution in [3.8, 4) is 0 Å². The summed E-state index contributed by atoms with van der Waals surface area (Å²) in [5, 5.41) is 0. The Labute approximate surface area is 120 Å². The van der Waals surface area contributed by atoms with E-state index in [1.165, 1.54) is 0 Å². The molecule has 0 radical (unpaired) electrons. The van der Waals surface area contributed by atoms with Gasteiger partial charge in [-0.05, 0) is 45.2 Å². The van der Waals surface area contributed by atoms with Crippen LogP contribution in [0.15, 0.2) is 24.3 Å². The highest BCUT2D eigenvalue weighted by Gasteiger charge is 2.38. The third-order valence-electron chi connectivity index (χ3n) is 3.58. The molecule has 0 saturated carbocycles. The topological polar surface area (TPSA) is 55.6 Å². The van der Waals surface area contributed by atoms with E-state index in [1.807, 2.05) is 52.0 Å². The van der Waals surface area contributed by atoms with E-state index in [-0.39, 0.29) is 18.2 Å². The number of likely N-dealkylation sites (tertiary alicyclic amines) is 1. The van der Waals surface area contributed by atoms with Crippen molar-refractivity contribution in [3.05, 3.63) is 35.4 Å². The van der Waals surface area contributed by atoms with Gasteiger partial charge in [0.05, 0.1) is 6.04 Å². The zero-order valence-corrected chi connectivity index (χ0v) is 12.7. The summed E-state index contributed by atoms with van der Waals surface area (Å²) < 4.78 is 5.49. The molecule has 110 valence electrons. The molecular formula is C16H24N2O2. The summed E-state index contributed by atoms with van der Waals surface area (Å²) in [5.74, 6) is 0. The number of aryl methyl sites for hydroxylation is 1. The van der Waals surface area contributed by atoms with Gasteiger partial charge in [-0.1, -0.05) is 24.3 Å². The molecule has 1 aliphatic heterocycles. The highest BCUT2D eigenvalue weighted by atomic mass is 16.6. The van der Waals surface area contributed by atoms with E-state index >= 15 is 0 Å². The SMILES string of the molecule is Cc1ccccc1[C@H]1[C@H](N)CCN1C(=O)OC(C)(C)C. The first kappa shape index (κ1) is 14.9. The Morgan fingerprint density at radius 2 is 2.00 bits per heavy atom. The summed E-state index contributed by atoms with van der Waals surface area (Å²) in [5.41, 5.74) is 8.01. The summed E-state index contributed by atoms with van der Waals surface area (Å²) in [6.45, 7) is 8.33. The molecule has 0 spiro atoms. The van der Waals surface area contributed by atoms with E-state index < -0.39 is 5.60 Å².